The van der Waals surface area contributed by atoms with Gasteiger partial charge < -0.3 is 30.3 Å². The molecule has 0 aromatic carbocycles. The van der Waals surface area contributed by atoms with Crippen LogP contribution in [0, 0.1) is 5.92 Å². The van der Waals surface area contributed by atoms with Crippen molar-refractivity contribution in [3.05, 3.63) is 0 Å². The lowest BCUT2D eigenvalue weighted by atomic mass is 9.93. The van der Waals surface area contributed by atoms with Crippen molar-refractivity contribution >= 4 is 29.4 Å². The molecule has 11 heteroatoms. The van der Waals surface area contributed by atoms with Crippen molar-refractivity contribution in [3.8, 4) is 0 Å². The maximum Gasteiger partial charge on any atom is 0.245 e. The maximum absolute atomic E-state index is 13.3. The molecule has 3 aliphatic rings. The number of epoxide rings is 1. The van der Waals surface area contributed by atoms with E-state index < -0.39 is 35.5 Å². The number of hydrogen-bond acceptors (Lipinski definition) is 7. The highest BCUT2D eigenvalue weighted by Crippen LogP contribution is 2.29. The summed E-state index contributed by atoms with van der Waals surface area (Å²) >= 11 is 0. The highest BCUT2D eigenvalue weighted by molar-refractivity contribution is 5.98. The number of hydrogen-bond donors (Lipinski definition) is 3. The van der Waals surface area contributed by atoms with Crippen LogP contribution in [0.25, 0.3) is 0 Å². The second-order valence-corrected chi connectivity index (χ2v) is 10.5. The van der Waals surface area contributed by atoms with Crippen LogP contribution in [0.5, 0.6) is 0 Å². The molecule has 202 valence electrons. The van der Waals surface area contributed by atoms with Gasteiger partial charge >= 0.3 is 0 Å². The first-order valence-corrected chi connectivity index (χ1v) is 13.0. The average Bonchev–Trinajstić information content (AvgIpc) is 3.38. The smallest absolute Gasteiger partial charge is 0.245 e. The summed E-state index contributed by atoms with van der Waals surface area (Å²) in [6.45, 7) is 6.53. The Kier molecular flexibility index (Phi) is 9.84. The third-order valence-corrected chi connectivity index (χ3v) is 6.86. The van der Waals surface area contributed by atoms with Crippen molar-refractivity contribution < 1.29 is 33.4 Å². The van der Waals surface area contributed by atoms with E-state index in [0.717, 1.165) is 6.42 Å². The summed E-state index contributed by atoms with van der Waals surface area (Å²) < 4.78 is 11.0. The second-order valence-electron chi connectivity index (χ2n) is 10.5. The quantitative estimate of drug-likeness (QED) is 0.430. The minimum absolute atomic E-state index is 0.0604. The van der Waals surface area contributed by atoms with Crippen molar-refractivity contribution in [1.29, 1.82) is 0 Å². The van der Waals surface area contributed by atoms with E-state index in [1.165, 1.54) is 4.90 Å². The Bertz CT molecular complexity index is 842. The number of carbonyl (C=O) groups is 5. The predicted molar refractivity (Wildman–Crippen MR) is 130 cm³/mol. The zero-order valence-electron chi connectivity index (χ0n) is 21.6. The number of ketones is 1. The van der Waals surface area contributed by atoms with Crippen LogP contribution >= 0.6 is 0 Å². The molecule has 4 amide bonds. The first kappa shape index (κ1) is 28.0. The van der Waals surface area contributed by atoms with Crippen LogP contribution in [-0.2, 0) is 33.4 Å². The van der Waals surface area contributed by atoms with Gasteiger partial charge in [-0.1, -0.05) is 20.3 Å². The zero-order chi connectivity index (χ0) is 26.3. The molecule has 3 N–H and O–H groups in total. The number of Topliss-reactive ketones (excluding diaryl/α,β-unsaturated/α-hetero) is 1. The fourth-order valence-electron chi connectivity index (χ4n) is 4.61. The van der Waals surface area contributed by atoms with Gasteiger partial charge in [0.2, 0.25) is 23.6 Å². The van der Waals surface area contributed by atoms with Gasteiger partial charge in [-0.15, -0.1) is 0 Å². The molecule has 3 saturated heterocycles. The second kappa shape index (κ2) is 12.6. The van der Waals surface area contributed by atoms with E-state index >= 15 is 0 Å². The fourth-order valence-corrected chi connectivity index (χ4v) is 4.61. The number of nitrogens with zero attached hydrogens (tertiary/aromatic N) is 1. The molecule has 4 atom stereocenters. The van der Waals surface area contributed by atoms with Crippen LogP contribution in [0.1, 0.15) is 65.7 Å². The van der Waals surface area contributed by atoms with Crippen LogP contribution in [0.3, 0.4) is 0 Å². The summed E-state index contributed by atoms with van der Waals surface area (Å²) in [7, 11) is 0. The normalized spacial score (nSPS) is 29.2. The Labute approximate surface area is 212 Å². The van der Waals surface area contributed by atoms with Gasteiger partial charge in [0.1, 0.15) is 17.7 Å². The summed E-state index contributed by atoms with van der Waals surface area (Å²) in [6.07, 6.45) is 3.98. The van der Waals surface area contributed by atoms with Gasteiger partial charge in [-0.05, 0) is 44.9 Å². The van der Waals surface area contributed by atoms with E-state index in [-0.39, 0.29) is 36.7 Å². The molecule has 0 unspecified atom stereocenters. The van der Waals surface area contributed by atoms with Crippen LogP contribution in [0.15, 0.2) is 0 Å². The van der Waals surface area contributed by atoms with Crippen molar-refractivity contribution in [2.75, 3.05) is 32.9 Å². The third-order valence-electron chi connectivity index (χ3n) is 6.86. The predicted octanol–water partition coefficient (Wildman–Crippen LogP) is 0.0579. The molecule has 0 bridgehead atoms. The van der Waals surface area contributed by atoms with Gasteiger partial charge in [0.15, 0.2) is 5.78 Å². The molecule has 3 fully saturated rings. The molecular weight excluding hydrogens is 468 g/mol. The standard InChI is InChI=1S/C25H40N4O7/c1-16(2)12-17(22(32)25(3)15-36-25)27-23(33)18-14-35-11-6-4-5-9-20(30)26-13-21(31)29-10-7-8-19(29)24(34)28-18/h16-19H,4-15H2,1-3H3,(H,26,30)(H,27,33)(H,28,34)/t17-,18-,19-,25+/m0/s1. The molecule has 0 aromatic heterocycles. The van der Waals surface area contributed by atoms with Gasteiger partial charge in [0, 0.05) is 19.6 Å². The molecule has 3 aliphatic heterocycles. The number of carbonyl (C=O) groups excluding carboxylic acids is 5. The van der Waals surface area contributed by atoms with Crippen LogP contribution in [-0.4, -0.2) is 90.9 Å². The summed E-state index contributed by atoms with van der Waals surface area (Å²) in [4.78, 5) is 65.6. The topological polar surface area (TPSA) is 146 Å². The SMILES string of the molecule is CC(C)C[C@H](NC(=O)[C@@H]1COCCCCCC(=O)NCC(=O)N2CCC[C@H]2C(=O)N1)C(=O)[C@@]1(C)CO1. The Hall–Kier alpha value is -2.53. The van der Waals surface area contributed by atoms with E-state index in [9.17, 15) is 24.0 Å². The molecule has 3 heterocycles. The molecule has 0 radical (unpaired) electrons. The van der Waals surface area contributed by atoms with E-state index in [0.29, 0.717) is 58.3 Å². The highest BCUT2D eigenvalue weighted by atomic mass is 16.6. The summed E-state index contributed by atoms with van der Waals surface area (Å²) in [5.74, 6) is -1.50. The minimum Gasteiger partial charge on any atom is -0.379 e. The van der Waals surface area contributed by atoms with E-state index in [4.69, 9.17) is 9.47 Å². The summed E-state index contributed by atoms with van der Waals surface area (Å²) in [5.41, 5.74) is -0.882. The maximum atomic E-state index is 13.3. The van der Waals surface area contributed by atoms with E-state index in [2.05, 4.69) is 16.0 Å². The minimum atomic E-state index is -1.02. The van der Waals surface area contributed by atoms with Crippen molar-refractivity contribution in [2.45, 2.75) is 89.4 Å². The lowest BCUT2D eigenvalue weighted by Crippen LogP contribution is -2.58. The lowest BCUT2D eigenvalue weighted by molar-refractivity contribution is -0.140. The van der Waals surface area contributed by atoms with E-state index in [1.54, 1.807) is 6.92 Å². The summed E-state index contributed by atoms with van der Waals surface area (Å²) in [6, 6.07) is -2.49. The molecule has 11 nitrogen and oxygen atoms in total. The van der Waals surface area contributed by atoms with Gasteiger partial charge in [-0.2, -0.15) is 0 Å². The molecule has 0 aromatic rings. The Morgan fingerprint density at radius 2 is 1.92 bits per heavy atom. The molecule has 36 heavy (non-hydrogen) atoms. The van der Waals surface area contributed by atoms with Gasteiger partial charge in [-0.3, -0.25) is 24.0 Å². The number of amides is 4. The average molecular weight is 509 g/mol. The monoisotopic (exact) mass is 508 g/mol. The molecule has 0 aliphatic carbocycles. The molecule has 0 saturated carbocycles. The molecule has 3 rings (SSSR count). The van der Waals surface area contributed by atoms with Crippen LogP contribution in [0.2, 0.25) is 0 Å². The highest BCUT2D eigenvalue weighted by Gasteiger charge is 2.50. The molecular formula is C25H40N4O7. The number of rotatable bonds is 6. The third kappa shape index (κ3) is 7.73. The van der Waals surface area contributed by atoms with Gasteiger partial charge in [0.25, 0.3) is 0 Å². The largest absolute Gasteiger partial charge is 0.379 e. The number of fused-ring (bicyclic) bond motifs is 1. The Morgan fingerprint density at radius 3 is 2.61 bits per heavy atom. The van der Waals surface area contributed by atoms with Crippen molar-refractivity contribution in [1.82, 2.24) is 20.9 Å². The summed E-state index contributed by atoms with van der Waals surface area (Å²) in [5, 5.41) is 8.21. The Morgan fingerprint density at radius 1 is 1.17 bits per heavy atom. The van der Waals surface area contributed by atoms with Crippen LogP contribution in [0.4, 0.5) is 0 Å². The first-order chi connectivity index (χ1) is 17.1. The van der Waals surface area contributed by atoms with Crippen molar-refractivity contribution in [3.63, 3.8) is 0 Å². The Balaban J connectivity index is 1.72. The lowest BCUT2D eigenvalue weighted by Gasteiger charge is -2.28. The van der Waals surface area contributed by atoms with Gasteiger partial charge in [-0.25, -0.2) is 0 Å². The van der Waals surface area contributed by atoms with Crippen LogP contribution < -0.4 is 16.0 Å². The number of ether oxygens (including phenoxy) is 2. The van der Waals surface area contributed by atoms with Crippen molar-refractivity contribution in [2.24, 2.45) is 5.92 Å². The van der Waals surface area contributed by atoms with E-state index in [1.807, 2.05) is 13.8 Å². The zero-order valence-corrected chi connectivity index (χ0v) is 21.6. The fraction of sp³-hybridized carbons (Fsp3) is 0.800. The first-order valence-electron chi connectivity index (χ1n) is 13.0. The number of nitrogens with one attached hydrogen (secondary N) is 3. The molecule has 0 spiro atoms. The van der Waals surface area contributed by atoms with Gasteiger partial charge in [0.05, 0.1) is 25.8 Å².